The monoisotopic (exact) mass is 261 g/mol. The van der Waals surface area contributed by atoms with Crippen LogP contribution in [-0.4, -0.2) is 5.91 Å². The van der Waals surface area contributed by atoms with E-state index in [0.717, 1.165) is 16.8 Å². The molecule has 0 bridgehead atoms. The maximum absolute atomic E-state index is 11.1. The van der Waals surface area contributed by atoms with E-state index in [9.17, 15) is 4.79 Å². The third-order valence-corrected chi connectivity index (χ3v) is 3.27. The van der Waals surface area contributed by atoms with E-state index in [2.05, 4.69) is 41.7 Å². The molecular formula is C18H15NO. The predicted octanol–water partition coefficient (Wildman–Crippen LogP) is 4.47. The summed E-state index contributed by atoms with van der Waals surface area (Å²) in [7, 11) is 0. The number of fused-ring (bicyclic) bond motifs is 1. The first-order valence-corrected chi connectivity index (χ1v) is 6.59. The molecule has 2 nitrogen and oxygen atoms in total. The van der Waals surface area contributed by atoms with Gasteiger partial charge in [-0.15, -0.1) is 0 Å². The molecule has 1 amide bonds. The molecule has 0 unspecified atom stereocenters. The molecule has 0 saturated heterocycles. The van der Waals surface area contributed by atoms with Crippen LogP contribution in [0.2, 0.25) is 0 Å². The molecule has 0 saturated carbocycles. The molecule has 3 rings (SSSR count). The standard InChI is InChI=1S/C18H15NO/c1-13(20)19-18-8-4-7-16(12-18)17-10-9-14-5-2-3-6-15(14)11-17/h2-12H,1H3,(H,19,20). The largest absolute Gasteiger partial charge is 0.326 e. The average Bonchev–Trinajstić information content (AvgIpc) is 2.46. The average molecular weight is 261 g/mol. The Morgan fingerprint density at radius 3 is 2.35 bits per heavy atom. The van der Waals surface area contributed by atoms with Crippen LogP contribution in [0.4, 0.5) is 5.69 Å². The van der Waals surface area contributed by atoms with Gasteiger partial charge < -0.3 is 5.32 Å². The van der Waals surface area contributed by atoms with Crippen molar-refractivity contribution in [3.05, 3.63) is 66.7 Å². The number of rotatable bonds is 2. The molecule has 0 atom stereocenters. The van der Waals surface area contributed by atoms with Gasteiger partial charge in [0.1, 0.15) is 0 Å². The molecule has 3 aromatic carbocycles. The SMILES string of the molecule is CC(=O)Nc1cccc(-c2ccc3ccccc3c2)c1. The molecule has 0 aromatic heterocycles. The zero-order chi connectivity index (χ0) is 13.9. The minimum atomic E-state index is -0.0549. The fourth-order valence-electron chi connectivity index (χ4n) is 2.35. The molecule has 3 aromatic rings. The summed E-state index contributed by atoms with van der Waals surface area (Å²) in [4.78, 5) is 11.1. The van der Waals surface area contributed by atoms with Crippen LogP contribution in [0.25, 0.3) is 21.9 Å². The highest BCUT2D eigenvalue weighted by atomic mass is 16.1. The van der Waals surface area contributed by atoms with Crippen molar-refractivity contribution in [2.45, 2.75) is 6.92 Å². The summed E-state index contributed by atoms with van der Waals surface area (Å²) in [5, 5.41) is 5.26. The van der Waals surface area contributed by atoms with Crippen molar-refractivity contribution in [3.8, 4) is 11.1 Å². The Balaban J connectivity index is 2.03. The topological polar surface area (TPSA) is 29.1 Å². The summed E-state index contributed by atoms with van der Waals surface area (Å²) in [6.45, 7) is 1.52. The first-order valence-electron chi connectivity index (χ1n) is 6.59. The van der Waals surface area contributed by atoms with Gasteiger partial charge in [0.05, 0.1) is 0 Å². The molecule has 0 spiro atoms. The van der Waals surface area contributed by atoms with Gasteiger partial charge in [0.25, 0.3) is 0 Å². The Hall–Kier alpha value is -2.61. The Kier molecular flexibility index (Phi) is 3.21. The molecule has 98 valence electrons. The molecule has 0 fully saturated rings. The molecule has 20 heavy (non-hydrogen) atoms. The zero-order valence-corrected chi connectivity index (χ0v) is 11.3. The van der Waals surface area contributed by atoms with E-state index in [1.807, 2.05) is 30.3 Å². The second-order valence-corrected chi connectivity index (χ2v) is 4.82. The number of carbonyl (C=O) groups excluding carboxylic acids is 1. The lowest BCUT2D eigenvalue weighted by Crippen LogP contribution is -2.05. The fourth-order valence-corrected chi connectivity index (χ4v) is 2.35. The highest BCUT2D eigenvalue weighted by Gasteiger charge is 2.02. The van der Waals surface area contributed by atoms with Crippen molar-refractivity contribution in [2.24, 2.45) is 0 Å². The van der Waals surface area contributed by atoms with Gasteiger partial charge in [0.15, 0.2) is 0 Å². The van der Waals surface area contributed by atoms with Gasteiger partial charge in [0.2, 0.25) is 5.91 Å². The summed E-state index contributed by atoms with van der Waals surface area (Å²) in [6.07, 6.45) is 0. The number of anilines is 1. The van der Waals surface area contributed by atoms with Crippen LogP contribution in [0.1, 0.15) is 6.92 Å². The van der Waals surface area contributed by atoms with Crippen molar-refractivity contribution in [1.29, 1.82) is 0 Å². The van der Waals surface area contributed by atoms with Crippen molar-refractivity contribution in [2.75, 3.05) is 5.32 Å². The lowest BCUT2D eigenvalue weighted by atomic mass is 10.0. The highest BCUT2D eigenvalue weighted by Crippen LogP contribution is 2.26. The van der Waals surface area contributed by atoms with Crippen LogP contribution >= 0.6 is 0 Å². The number of nitrogens with one attached hydrogen (secondary N) is 1. The lowest BCUT2D eigenvalue weighted by molar-refractivity contribution is -0.114. The van der Waals surface area contributed by atoms with E-state index in [-0.39, 0.29) is 5.91 Å². The van der Waals surface area contributed by atoms with E-state index < -0.39 is 0 Å². The molecule has 0 aliphatic rings. The summed E-state index contributed by atoms with van der Waals surface area (Å²) in [6, 6.07) is 22.6. The van der Waals surface area contributed by atoms with E-state index in [4.69, 9.17) is 0 Å². The normalized spacial score (nSPS) is 10.4. The third kappa shape index (κ3) is 2.54. The van der Waals surface area contributed by atoms with Gasteiger partial charge in [-0.1, -0.05) is 48.5 Å². The first-order chi connectivity index (χ1) is 9.72. The Labute approximate surface area is 118 Å². The maximum atomic E-state index is 11.1. The maximum Gasteiger partial charge on any atom is 0.221 e. The molecule has 0 aliphatic carbocycles. The van der Waals surface area contributed by atoms with Gasteiger partial charge in [-0.2, -0.15) is 0 Å². The van der Waals surface area contributed by atoms with Crippen LogP contribution in [0.5, 0.6) is 0 Å². The van der Waals surface area contributed by atoms with Crippen molar-refractivity contribution >= 4 is 22.4 Å². The summed E-state index contributed by atoms with van der Waals surface area (Å²) in [5.41, 5.74) is 3.07. The van der Waals surface area contributed by atoms with Gasteiger partial charge in [0, 0.05) is 12.6 Å². The Morgan fingerprint density at radius 2 is 1.55 bits per heavy atom. The molecule has 1 N–H and O–H groups in total. The summed E-state index contributed by atoms with van der Waals surface area (Å²) < 4.78 is 0. The van der Waals surface area contributed by atoms with Crippen molar-refractivity contribution < 1.29 is 4.79 Å². The molecule has 0 aliphatic heterocycles. The van der Waals surface area contributed by atoms with Gasteiger partial charge in [-0.05, 0) is 40.1 Å². The smallest absolute Gasteiger partial charge is 0.221 e. The first kappa shape index (κ1) is 12.4. The lowest BCUT2D eigenvalue weighted by Gasteiger charge is -2.07. The van der Waals surface area contributed by atoms with Crippen LogP contribution in [0.15, 0.2) is 66.7 Å². The number of amides is 1. The van der Waals surface area contributed by atoms with Crippen molar-refractivity contribution in [1.82, 2.24) is 0 Å². The summed E-state index contributed by atoms with van der Waals surface area (Å²) in [5.74, 6) is -0.0549. The van der Waals surface area contributed by atoms with Gasteiger partial charge in [-0.25, -0.2) is 0 Å². The van der Waals surface area contributed by atoms with Crippen LogP contribution in [-0.2, 0) is 4.79 Å². The van der Waals surface area contributed by atoms with Crippen molar-refractivity contribution in [3.63, 3.8) is 0 Å². The molecule has 0 heterocycles. The van der Waals surface area contributed by atoms with Crippen LogP contribution in [0.3, 0.4) is 0 Å². The van der Waals surface area contributed by atoms with E-state index in [0.29, 0.717) is 0 Å². The van der Waals surface area contributed by atoms with Gasteiger partial charge >= 0.3 is 0 Å². The molecule has 2 heteroatoms. The number of hydrogen-bond donors (Lipinski definition) is 1. The zero-order valence-electron chi connectivity index (χ0n) is 11.3. The minimum absolute atomic E-state index is 0.0549. The van der Waals surface area contributed by atoms with E-state index in [1.54, 1.807) is 0 Å². The second-order valence-electron chi connectivity index (χ2n) is 4.82. The highest BCUT2D eigenvalue weighted by molar-refractivity contribution is 5.91. The van der Waals surface area contributed by atoms with E-state index >= 15 is 0 Å². The number of hydrogen-bond acceptors (Lipinski definition) is 1. The predicted molar refractivity (Wildman–Crippen MR) is 83.7 cm³/mol. The minimum Gasteiger partial charge on any atom is -0.326 e. The summed E-state index contributed by atoms with van der Waals surface area (Å²) >= 11 is 0. The van der Waals surface area contributed by atoms with Crippen LogP contribution < -0.4 is 5.32 Å². The van der Waals surface area contributed by atoms with Crippen LogP contribution in [0, 0.1) is 0 Å². The Morgan fingerprint density at radius 1 is 0.800 bits per heavy atom. The Bertz CT molecular complexity index is 777. The number of benzene rings is 3. The number of carbonyl (C=O) groups is 1. The molecule has 0 radical (unpaired) electrons. The molecular weight excluding hydrogens is 246 g/mol. The third-order valence-electron chi connectivity index (χ3n) is 3.27. The quantitative estimate of drug-likeness (QED) is 0.724. The fraction of sp³-hybridized carbons (Fsp3) is 0.0556. The van der Waals surface area contributed by atoms with E-state index in [1.165, 1.54) is 17.7 Å². The van der Waals surface area contributed by atoms with Gasteiger partial charge in [-0.3, -0.25) is 4.79 Å². The second kappa shape index (κ2) is 5.17.